The van der Waals surface area contributed by atoms with Crippen LogP contribution in [0.25, 0.3) is 0 Å². The lowest BCUT2D eigenvalue weighted by molar-refractivity contribution is -0.116. The SMILES string of the molecule is CC(=O)N(C)c1ccc(NC(=O)Cc2csc(Cc3ccccc3)n2)cc1. The molecule has 5 nitrogen and oxygen atoms in total. The Hall–Kier alpha value is -2.99. The molecular weight excluding hydrogens is 358 g/mol. The van der Waals surface area contributed by atoms with Gasteiger partial charge in [-0.05, 0) is 29.8 Å². The second-order valence-corrected chi connectivity index (χ2v) is 7.19. The average Bonchev–Trinajstić information content (AvgIpc) is 3.09. The van der Waals surface area contributed by atoms with Gasteiger partial charge in [0.05, 0.1) is 17.1 Å². The summed E-state index contributed by atoms with van der Waals surface area (Å²) < 4.78 is 0. The number of aromatic nitrogens is 1. The molecule has 0 aliphatic carbocycles. The largest absolute Gasteiger partial charge is 0.326 e. The summed E-state index contributed by atoms with van der Waals surface area (Å²) in [4.78, 5) is 29.8. The van der Waals surface area contributed by atoms with E-state index < -0.39 is 0 Å². The Morgan fingerprint density at radius 3 is 2.44 bits per heavy atom. The molecule has 0 spiro atoms. The van der Waals surface area contributed by atoms with Crippen molar-refractivity contribution in [2.45, 2.75) is 19.8 Å². The number of benzene rings is 2. The maximum absolute atomic E-state index is 12.3. The Labute approximate surface area is 162 Å². The number of carbonyl (C=O) groups excluding carboxylic acids is 2. The first-order chi connectivity index (χ1) is 13.0. The Balaban J connectivity index is 1.56. The molecule has 1 heterocycles. The Morgan fingerprint density at radius 2 is 1.78 bits per heavy atom. The molecule has 2 amide bonds. The van der Waals surface area contributed by atoms with Crippen LogP contribution in [0.2, 0.25) is 0 Å². The highest BCUT2D eigenvalue weighted by atomic mass is 32.1. The van der Waals surface area contributed by atoms with Crippen molar-refractivity contribution in [1.29, 1.82) is 0 Å². The lowest BCUT2D eigenvalue weighted by atomic mass is 10.2. The van der Waals surface area contributed by atoms with Gasteiger partial charge >= 0.3 is 0 Å². The van der Waals surface area contributed by atoms with E-state index >= 15 is 0 Å². The van der Waals surface area contributed by atoms with Gasteiger partial charge in [-0.15, -0.1) is 11.3 Å². The van der Waals surface area contributed by atoms with Crippen LogP contribution in [0, 0.1) is 0 Å². The van der Waals surface area contributed by atoms with E-state index in [1.165, 1.54) is 12.5 Å². The fraction of sp³-hybridized carbons (Fsp3) is 0.190. The number of hydrogen-bond donors (Lipinski definition) is 1. The summed E-state index contributed by atoms with van der Waals surface area (Å²) in [6, 6.07) is 17.3. The van der Waals surface area contributed by atoms with Gasteiger partial charge in [0.1, 0.15) is 0 Å². The van der Waals surface area contributed by atoms with E-state index in [4.69, 9.17) is 0 Å². The van der Waals surface area contributed by atoms with Gasteiger partial charge in [0.15, 0.2) is 0 Å². The van der Waals surface area contributed by atoms with Crippen molar-refractivity contribution < 1.29 is 9.59 Å². The highest BCUT2D eigenvalue weighted by Gasteiger charge is 2.10. The van der Waals surface area contributed by atoms with Gasteiger partial charge in [-0.2, -0.15) is 0 Å². The van der Waals surface area contributed by atoms with E-state index in [1.807, 2.05) is 23.6 Å². The highest BCUT2D eigenvalue weighted by Crippen LogP contribution is 2.18. The van der Waals surface area contributed by atoms with Crippen LogP contribution in [0.1, 0.15) is 23.2 Å². The third-order valence-electron chi connectivity index (χ3n) is 4.15. The molecule has 3 rings (SSSR count). The zero-order valence-corrected chi connectivity index (χ0v) is 16.1. The summed E-state index contributed by atoms with van der Waals surface area (Å²) >= 11 is 1.57. The van der Waals surface area contributed by atoms with Crippen LogP contribution in [0.15, 0.2) is 60.0 Å². The van der Waals surface area contributed by atoms with E-state index in [0.29, 0.717) is 5.69 Å². The minimum Gasteiger partial charge on any atom is -0.326 e. The lowest BCUT2D eigenvalue weighted by Crippen LogP contribution is -2.22. The lowest BCUT2D eigenvalue weighted by Gasteiger charge is -2.15. The van der Waals surface area contributed by atoms with Crippen LogP contribution in [0.5, 0.6) is 0 Å². The van der Waals surface area contributed by atoms with Crippen molar-refractivity contribution in [3.8, 4) is 0 Å². The van der Waals surface area contributed by atoms with Crippen molar-refractivity contribution >= 4 is 34.5 Å². The van der Waals surface area contributed by atoms with Crippen LogP contribution in [-0.4, -0.2) is 23.8 Å². The molecule has 0 radical (unpaired) electrons. The van der Waals surface area contributed by atoms with Crippen molar-refractivity contribution in [1.82, 2.24) is 4.98 Å². The van der Waals surface area contributed by atoms with Crippen LogP contribution < -0.4 is 10.2 Å². The number of carbonyl (C=O) groups is 2. The van der Waals surface area contributed by atoms with Crippen LogP contribution in [0.3, 0.4) is 0 Å². The summed E-state index contributed by atoms with van der Waals surface area (Å²) in [5.74, 6) is -0.152. The van der Waals surface area contributed by atoms with Gasteiger partial charge in [0.2, 0.25) is 11.8 Å². The Morgan fingerprint density at radius 1 is 1.07 bits per heavy atom. The number of nitrogens with zero attached hydrogens (tertiary/aromatic N) is 2. The zero-order chi connectivity index (χ0) is 19.2. The van der Waals surface area contributed by atoms with Gasteiger partial charge in [0, 0.05) is 37.1 Å². The minimum absolute atomic E-state index is 0.0402. The maximum Gasteiger partial charge on any atom is 0.230 e. The van der Waals surface area contributed by atoms with Crippen molar-refractivity contribution in [2.24, 2.45) is 0 Å². The van der Waals surface area contributed by atoms with Crippen molar-refractivity contribution in [3.63, 3.8) is 0 Å². The molecule has 2 aromatic carbocycles. The fourth-order valence-electron chi connectivity index (χ4n) is 2.60. The van der Waals surface area contributed by atoms with Crippen molar-refractivity contribution in [3.05, 3.63) is 76.2 Å². The smallest absolute Gasteiger partial charge is 0.230 e. The highest BCUT2D eigenvalue weighted by molar-refractivity contribution is 7.09. The molecule has 0 bridgehead atoms. The van der Waals surface area contributed by atoms with E-state index in [-0.39, 0.29) is 18.2 Å². The van der Waals surface area contributed by atoms with Crippen molar-refractivity contribution in [2.75, 3.05) is 17.3 Å². The summed E-state index contributed by atoms with van der Waals surface area (Å²) in [5.41, 5.74) is 3.46. The molecule has 6 heteroatoms. The Kier molecular flexibility index (Phi) is 5.98. The van der Waals surface area contributed by atoms with Gasteiger partial charge in [-0.25, -0.2) is 4.98 Å². The van der Waals surface area contributed by atoms with Gasteiger partial charge in [-0.1, -0.05) is 30.3 Å². The monoisotopic (exact) mass is 379 g/mol. The Bertz CT molecular complexity index is 920. The number of nitrogens with one attached hydrogen (secondary N) is 1. The number of rotatable bonds is 6. The molecule has 138 valence electrons. The summed E-state index contributed by atoms with van der Waals surface area (Å²) in [6.45, 7) is 1.51. The molecule has 0 saturated heterocycles. The summed E-state index contributed by atoms with van der Waals surface area (Å²) in [5, 5.41) is 5.80. The maximum atomic E-state index is 12.3. The number of amides is 2. The third kappa shape index (κ3) is 5.24. The van der Waals surface area contributed by atoms with E-state index in [2.05, 4.69) is 22.4 Å². The molecule has 0 aliphatic heterocycles. The first kappa shape index (κ1) is 18.8. The summed E-state index contributed by atoms with van der Waals surface area (Å²) in [6.07, 6.45) is 1.01. The van der Waals surface area contributed by atoms with Gasteiger partial charge in [0.25, 0.3) is 0 Å². The fourth-order valence-corrected chi connectivity index (χ4v) is 3.43. The minimum atomic E-state index is -0.112. The molecule has 27 heavy (non-hydrogen) atoms. The molecule has 0 aliphatic rings. The van der Waals surface area contributed by atoms with Gasteiger partial charge in [-0.3, -0.25) is 9.59 Å². The van der Waals surface area contributed by atoms with E-state index in [9.17, 15) is 9.59 Å². The van der Waals surface area contributed by atoms with Gasteiger partial charge < -0.3 is 10.2 Å². The number of thiazole rings is 1. The summed E-state index contributed by atoms with van der Waals surface area (Å²) in [7, 11) is 1.71. The second-order valence-electron chi connectivity index (χ2n) is 6.24. The average molecular weight is 379 g/mol. The predicted octanol–water partition coefficient (Wildman–Crippen LogP) is 3.90. The quantitative estimate of drug-likeness (QED) is 0.707. The first-order valence-corrected chi connectivity index (χ1v) is 9.50. The van der Waals surface area contributed by atoms with E-state index in [0.717, 1.165) is 22.8 Å². The molecular formula is C21H21N3O2S. The topological polar surface area (TPSA) is 62.3 Å². The predicted molar refractivity (Wildman–Crippen MR) is 109 cm³/mol. The molecule has 0 fully saturated rings. The molecule has 0 saturated carbocycles. The number of anilines is 2. The number of hydrogen-bond acceptors (Lipinski definition) is 4. The molecule has 1 aromatic heterocycles. The third-order valence-corrected chi connectivity index (χ3v) is 5.05. The molecule has 3 aromatic rings. The van der Waals surface area contributed by atoms with Crippen LogP contribution in [0.4, 0.5) is 11.4 Å². The van der Waals surface area contributed by atoms with Crippen LogP contribution >= 0.6 is 11.3 Å². The zero-order valence-electron chi connectivity index (χ0n) is 15.3. The normalized spacial score (nSPS) is 10.4. The second kappa shape index (κ2) is 8.60. The molecule has 0 atom stereocenters. The standard InChI is InChI=1S/C21H21N3O2S/c1-15(25)24(2)19-10-8-17(9-11-19)22-20(26)13-18-14-27-21(23-18)12-16-6-4-3-5-7-16/h3-11,14H,12-13H2,1-2H3,(H,22,26). The molecule has 1 N–H and O–H groups in total. The van der Waals surface area contributed by atoms with E-state index in [1.54, 1.807) is 47.5 Å². The van der Waals surface area contributed by atoms with Crippen LogP contribution in [-0.2, 0) is 22.4 Å². The molecule has 0 unspecified atom stereocenters. The first-order valence-electron chi connectivity index (χ1n) is 8.62.